The van der Waals surface area contributed by atoms with Gasteiger partial charge in [0.1, 0.15) is 0 Å². The zero-order valence-electron chi connectivity index (χ0n) is 13.3. The molecule has 2 heteroatoms. The summed E-state index contributed by atoms with van der Waals surface area (Å²) in [6.07, 6.45) is 9.11. The Morgan fingerprint density at radius 3 is 0.611 bits per heavy atom. The van der Waals surface area contributed by atoms with Gasteiger partial charge in [-0.2, -0.15) is 25.7 Å². The van der Waals surface area contributed by atoms with Gasteiger partial charge < -0.3 is 27.7 Å². The average Bonchev–Trinajstić information content (AvgIpc) is 2.49. The monoisotopic (exact) mass is 295 g/mol. The van der Waals surface area contributed by atoms with Crippen molar-refractivity contribution in [3.63, 3.8) is 0 Å². The summed E-state index contributed by atoms with van der Waals surface area (Å²) in [5.41, 5.74) is 0. The van der Waals surface area contributed by atoms with E-state index in [0.29, 0.717) is 0 Å². The summed E-state index contributed by atoms with van der Waals surface area (Å²) in [4.78, 5) is 0. The van der Waals surface area contributed by atoms with E-state index in [2.05, 4.69) is 55.4 Å². The summed E-state index contributed by atoms with van der Waals surface area (Å²) in [6, 6.07) is 0. The molecule has 0 spiro atoms. The Kier molecular flexibility index (Phi) is 114. The molecule has 0 saturated carbocycles. The van der Waals surface area contributed by atoms with Gasteiger partial charge in [-0.15, -0.1) is 0 Å². The Morgan fingerprint density at radius 2 is 0.611 bits per heavy atom. The molecular weight excluding hydrogens is 259 g/mol. The average molecular weight is 295 g/mol. The van der Waals surface area contributed by atoms with Crippen molar-refractivity contribution < 1.29 is 21.0 Å². The van der Waals surface area contributed by atoms with Crippen LogP contribution >= 0.6 is 0 Å². The maximum atomic E-state index is 8.19. The van der Waals surface area contributed by atoms with E-state index in [0.717, 1.165) is 43.1 Å². The van der Waals surface area contributed by atoms with E-state index in [1.165, 1.54) is 25.7 Å². The van der Waals surface area contributed by atoms with Crippen LogP contribution in [0.15, 0.2) is 0 Å². The van der Waals surface area contributed by atoms with Crippen molar-refractivity contribution in [2.24, 2.45) is 0 Å². The van der Waals surface area contributed by atoms with Crippen LogP contribution in [0.4, 0.5) is 0 Å². The topological polar surface area (TPSA) is 17.1 Å². The second-order valence-corrected chi connectivity index (χ2v) is 3.41. The van der Waals surface area contributed by atoms with Gasteiger partial charge >= 0.3 is 21.0 Å². The van der Waals surface area contributed by atoms with E-state index in [1.54, 1.807) is 0 Å². The van der Waals surface area contributed by atoms with Crippen LogP contribution in [0.3, 0.4) is 0 Å². The number of unbranched alkanes of at least 4 members (excludes halogenated alkanes) is 4. The minimum absolute atomic E-state index is 1.06. The summed E-state index contributed by atoms with van der Waals surface area (Å²) >= 11 is 1.06. The predicted molar refractivity (Wildman–Crippen MR) is 81.7 cm³/mol. The molecule has 1 nitrogen and oxygen atoms in total. The Morgan fingerprint density at radius 1 is 0.556 bits per heavy atom. The second kappa shape index (κ2) is 66.4. The quantitative estimate of drug-likeness (QED) is 0.551. The molecule has 0 aliphatic rings. The van der Waals surface area contributed by atoms with Gasteiger partial charge in [-0.1, -0.05) is 53.4 Å². The predicted octanol–water partition coefficient (Wildman–Crippen LogP) is 6.36. The third-order valence-electron chi connectivity index (χ3n) is 1.41. The van der Waals surface area contributed by atoms with Crippen LogP contribution in [0.25, 0.3) is 0 Å². The molecule has 0 aromatic heterocycles. The molecule has 0 radical (unpaired) electrons. The zero-order chi connectivity index (χ0) is 15.7. The molecule has 0 fully saturated rings. The van der Waals surface area contributed by atoms with Crippen LogP contribution in [0, 0.1) is 27.7 Å². The molecule has 0 amide bonds. The minimum atomic E-state index is 1.06. The summed E-state index contributed by atoms with van der Waals surface area (Å²) in [5, 5.41) is 0. The Hall–Kier alpha value is 0.384. The molecule has 0 aromatic rings. The van der Waals surface area contributed by atoms with Crippen molar-refractivity contribution in [2.45, 2.75) is 79.1 Å². The second-order valence-electron chi connectivity index (χ2n) is 3.41. The SMILES string of the molecule is [CH2-]CCC.[CH2-]CCC.[CH2-]CCC.[CH2-]CCC.[O]=[V]. The Labute approximate surface area is 128 Å². The first-order valence-corrected chi connectivity index (χ1v) is 7.58. The van der Waals surface area contributed by atoms with E-state index in [9.17, 15) is 0 Å². The van der Waals surface area contributed by atoms with Crippen LogP contribution in [-0.4, -0.2) is 0 Å². The molecule has 0 aliphatic carbocycles. The van der Waals surface area contributed by atoms with E-state index in [4.69, 9.17) is 3.67 Å². The fourth-order valence-corrected chi connectivity index (χ4v) is 0. The molecule has 115 valence electrons. The molecule has 0 N–H and O–H groups in total. The van der Waals surface area contributed by atoms with Gasteiger partial charge in [0.2, 0.25) is 0 Å². The molecular formula is C16H36OV-4. The van der Waals surface area contributed by atoms with Crippen molar-refractivity contribution in [3.05, 3.63) is 27.7 Å². The van der Waals surface area contributed by atoms with Gasteiger partial charge in [0.05, 0.1) is 0 Å². The molecule has 0 aliphatic heterocycles. The fraction of sp³-hybridized carbons (Fsp3) is 0.750. The Bertz CT molecular complexity index is 44.1. The first-order valence-electron chi connectivity index (χ1n) is 7.01. The van der Waals surface area contributed by atoms with Crippen molar-refractivity contribution in [1.82, 2.24) is 0 Å². The molecule has 0 heterocycles. The molecule has 0 atom stereocenters. The van der Waals surface area contributed by atoms with Gasteiger partial charge in [-0.05, 0) is 0 Å². The maximum absolute atomic E-state index is 8.19. The van der Waals surface area contributed by atoms with Crippen molar-refractivity contribution >= 4 is 0 Å². The summed E-state index contributed by atoms with van der Waals surface area (Å²) in [5.74, 6) is 0. The Balaban J connectivity index is -0.0000000399. The summed E-state index contributed by atoms with van der Waals surface area (Å²) in [7, 11) is 0. The van der Waals surface area contributed by atoms with Crippen molar-refractivity contribution in [1.29, 1.82) is 0 Å². The molecule has 0 bridgehead atoms. The van der Waals surface area contributed by atoms with Crippen molar-refractivity contribution in [3.8, 4) is 0 Å². The van der Waals surface area contributed by atoms with Gasteiger partial charge in [-0.25, -0.2) is 0 Å². The molecule has 0 unspecified atom stereocenters. The van der Waals surface area contributed by atoms with E-state index < -0.39 is 0 Å². The fourth-order valence-electron chi connectivity index (χ4n) is 0. The normalized spacial score (nSPS) is 6.83. The first-order chi connectivity index (χ1) is 8.66. The van der Waals surface area contributed by atoms with Crippen LogP contribution in [0.1, 0.15) is 79.1 Å². The van der Waals surface area contributed by atoms with Crippen LogP contribution < -0.4 is 0 Å². The van der Waals surface area contributed by atoms with Crippen LogP contribution in [0.5, 0.6) is 0 Å². The van der Waals surface area contributed by atoms with Gasteiger partial charge in [0, 0.05) is 0 Å². The molecule has 18 heavy (non-hydrogen) atoms. The van der Waals surface area contributed by atoms with Crippen LogP contribution in [0.2, 0.25) is 0 Å². The first kappa shape index (κ1) is 31.0. The van der Waals surface area contributed by atoms with E-state index in [-0.39, 0.29) is 0 Å². The van der Waals surface area contributed by atoms with Crippen LogP contribution in [-0.2, 0) is 21.0 Å². The molecule has 0 rings (SSSR count). The van der Waals surface area contributed by atoms with Gasteiger partial charge in [0.15, 0.2) is 0 Å². The molecule has 0 aromatic carbocycles. The summed E-state index contributed by atoms with van der Waals surface area (Å²) in [6.45, 7) is 22.9. The van der Waals surface area contributed by atoms with Gasteiger partial charge in [0.25, 0.3) is 0 Å². The van der Waals surface area contributed by atoms with Gasteiger partial charge in [-0.3, -0.25) is 0 Å². The number of hydrogen-bond donors (Lipinski definition) is 0. The van der Waals surface area contributed by atoms with Crippen molar-refractivity contribution in [2.75, 3.05) is 0 Å². The number of hydrogen-bond acceptors (Lipinski definition) is 1. The third kappa shape index (κ3) is 202. The van der Waals surface area contributed by atoms with E-state index >= 15 is 0 Å². The zero-order valence-corrected chi connectivity index (χ0v) is 14.7. The van der Waals surface area contributed by atoms with E-state index in [1.807, 2.05) is 0 Å². The summed E-state index contributed by atoms with van der Waals surface area (Å²) < 4.78 is 8.19. The molecule has 0 saturated heterocycles. The third-order valence-corrected chi connectivity index (χ3v) is 1.41. The number of rotatable bonds is 4. The standard InChI is InChI=1S/4C4H9.O.V/c4*1-3-4-2;;/h4*1,3-4H2,2H3;;/q4*-1;;.